The third-order valence-electron chi connectivity index (χ3n) is 3.60. The Morgan fingerprint density at radius 3 is 2.33 bits per heavy atom. The normalized spacial score (nSPS) is 21.6. The maximum absolute atomic E-state index is 12.1. The van der Waals surface area contributed by atoms with Crippen LogP contribution in [0.2, 0.25) is 0 Å². The molecule has 1 saturated carbocycles. The van der Waals surface area contributed by atoms with Gasteiger partial charge in [0, 0.05) is 17.6 Å². The molecule has 1 aliphatic rings. The van der Waals surface area contributed by atoms with Crippen LogP contribution in [-0.2, 0) is 4.79 Å². The summed E-state index contributed by atoms with van der Waals surface area (Å²) in [6.45, 7) is -0.173. The van der Waals surface area contributed by atoms with E-state index >= 15 is 0 Å². The molecule has 0 spiro atoms. The van der Waals surface area contributed by atoms with Crippen molar-refractivity contribution in [3.8, 4) is 5.75 Å². The standard InChI is InChI=1S/C15H21N3O3/c16-11-3-5-12(6-4-11)18-15(20)10-1-7-13(8-2-10)21-9-14(17)19/h1-2,7-8,11-12H,3-6,9,16H2,(H2,17,19)(H,18,20). The second-order valence-corrected chi connectivity index (χ2v) is 5.36. The molecule has 6 heteroatoms. The number of carbonyl (C=O) groups excluding carboxylic acids is 2. The van der Waals surface area contributed by atoms with Gasteiger partial charge in [-0.15, -0.1) is 0 Å². The molecule has 2 rings (SSSR count). The summed E-state index contributed by atoms with van der Waals surface area (Å²) in [5.41, 5.74) is 11.4. The molecule has 1 aromatic rings. The van der Waals surface area contributed by atoms with Gasteiger partial charge >= 0.3 is 0 Å². The number of benzene rings is 1. The number of primary amides is 1. The monoisotopic (exact) mass is 291 g/mol. The van der Waals surface area contributed by atoms with Gasteiger partial charge in [-0.1, -0.05) is 0 Å². The number of nitrogens with one attached hydrogen (secondary N) is 1. The molecule has 21 heavy (non-hydrogen) atoms. The summed E-state index contributed by atoms with van der Waals surface area (Å²) in [4.78, 5) is 22.7. The first-order chi connectivity index (χ1) is 10.0. The van der Waals surface area contributed by atoms with E-state index in [9.17, 15) is 9.59 Å². The minimum Gasteiger partial charge on any atom is -0.484 e. The molecule has 0 aliphatic heterocycles. The smallest absolute Gasteiger partial charge is 0.255 e. The first-order valence-corrected chi connectivity index (χ1v) is 7.12. The van der Waals surface area contributed by atoms with Gasteiger partial charge < -0.3 is 21.5 Å². The Hall–Kier alpha value is -2.08. The Labute approximate surface area is 123 Å². The minimum absolute atomic E-state index is 0.100. The van der Waals surface area contributed by atoms with E-state index < -0.39 is 5.91 Å². The molecule has 1 aromatic carbocycles. The Balaban J connectivity index is 1.86. The Kier molecular flexibility index (Phi) is 5.16. The molecule has 0 aromatic heterocycles. The summed E-state index contributed by atoms with van der Waals surface area (Å²) in [5, 5.41) is 3.02. The summed E-state index contributed by atoms with van der Waals surface area (Å²) in [6, 6.07) is 7.09. The van der Waals surface area contributed by atoms with Crippen LogP contribution in [0.4, 0.5) is 0 Å². The van der Waals surface area contributed by atoms with Crippen molar-refractivity contribution in [1.82, 2.24) is 5.32 Å². The van der Waals surface area contributed by atoms with Crippen molar-refractivity contribution in [2.45, 2.75) is 37.8 Å². The SMILES string of the molecule is NC(=O)COc1ccc(C(=O)NC2CCC(N)CC2)cc1. The van der Waals surface area contributed by atoms with E-state index in [0.717, 1.165) is 25.7 Å². The van der Waals surface area contributed by atoms with Crippen molar-refractivity contribution in [3.63, 3.8) is 0 Å². The third-order valence-corrected chi connectivity index (χ3v) is 3.60. The van der Waals surface area contributed by atoms with Gasteiger partial charge in [0.15, 0.2) is 6.61 Å². The lowest BCUT2D eigenvalue weighted by atomic mass is 9.91. The molecular formula is C15H21N3O3. The highest BCUT2D eigenvalue weighted by molar-refractivity contribution is 5.94. The van der Waals surface area contributed by atoms with E-state index in [2.05, 4.69) is 5.32 Å². The van der Waals surface area contributed by atoms with Gasteiger partial charge in [0.1, 0.15) is 5.75 Å². The summed E-state index contributed by atoms with van der Waals surface area (Å²) in [6.07, 6.45) is 3.75. The largest absolute Gasteiger partial charge is 0.484 e. The number of rotatable bonds is 5. The Morgan fingerprint density at radius 2 is 1.76 bits per heavy atom. The number of nitrogens with two attached hydrogens (primary N) is 2. The molecule has 2 amide bonds. The van der Waals surface area contributed by atoms with Gasteiger partial charge in [-0.2, -0.15) is 0 Å². The fourth-order valence-corrected chi connectivity index (χ4v) is 2.39. The van der Waals surface area contributed by atoms with Gasteiger partial charge in [0.2, 0.25) is 0 Å². The van der Waals surface area contributed by atoms with Crippen LogP contribution in [-0.4, -0.2) is 30.5 Å². The first kappa shape index (κ1) is 15.3. The molecule has 0 radical (unpaired) electrons. The molecule has 1 aliphatic carbocycles. The van der Waals surface area contributed by atoms with E-state index in [1.165, 1.54) is 0 Å². The van der Waals surface area contributed by atoms with E-state index in [0.29, 0.717) is 11.3 Å². The van der Waals surface area contributed by atoms with Crippen molar-refractivity contribution in [2.24, 2.45) is 11.5 Å². The molecule has 0 heterocycles. The lowest BCUT2D eigenvalue weighted by Crippen LogP contribution is -2.40. The molecule has 0 atom stereocenters. The highest BCUT2D eigenvalue weighted by atomic mass is 16.5. The molecule has 6 nitrogen and oxygen atoms in total. The molecule has 0 unspecified atom stereocenters. The summed E-state index contributed by atoms with van der Waals surface area (Å²) in [5.74, 6) is -0.127. The average Bonchev–Trinajstić information content (AvgIpc) is 2.48. The third kappa shape index (κ3) is 4.75. The van der Waals surface area contributed by atoms with Crippen LogP contribution in [0.5, 0.6) is 5.75 Å². The summed E-state index contributed by atoms with van der Waals surface area (Å²) >= 11 is 0. The van der Waals surface area contributed by atoms with Crippen LogP contribution >= 0.6 is 0 Å². The summed E-state index contributed by atoms with van der Waals surface area (Å²) < 4.78 is 5.14. The van der Waals surface area contributed by atoms with Crippen LogP contribution < -0.4 is 21.5 Å². The molecular weight excluding hydrogens is 270 g/mol. The molecule has 0 bridgehead atoms. The van der Waals surface area contributed by atoms with Gasteiger partial charge in [-0.25, -0.2) is 0 Å². The van der Waals surface area contributed by atoms with Gasteiger partial charge in [0.25, 0.3) is 11.8 Å². The summed E-state index contributed by atoms with van der Waals surface area (Å²) in [7, 11) is 0. The van der Waals surface area contributed by atoms with Crippen molar-refractivity contribution >= 4 is 11.8 Å². The molecule has 114 valence electrons. The van der Waals surface area contributed by atoms with Crippen LogP contribution in [0.25, 0.3) is 0 Å². The average molecular weight is 291 g/mol. The van der Waals surface area contributed by atoms with E-state index in [4.69, 9.17) is 16.2 Å². The highest BCUT2D eigenvalue weighted by Crippen LogP contribution is 2.18. The number of carbonyl (C=O) groups is 2. The zero-order chi connectivity index (χ0) is 15.2. The quantitative estimate of drug-likeness (QED) is 0.736. The van der Waals surface area contributed by atoms with Crippen molar-refractivity contribution in [2.75, 3.05) is 6.61 Å². The van der Waals surface area contributed by atoms with Crippen molar-refractivity contribution in [3.05, 3.63) is 29.8 Å². The van der Waals surface area contributed by atoms with Crippen LogP contribution in [0.3, 0.4) is 0 Å². The fraction of sp³-hybridized carbons (Fsp3) is 0.467. The van der Waals surface area contributed by atoms with Gasteiger partial charge in [-0.3, -0.25) is 9.59 Å². The van der Waals surface area contributed by atoms with E-state index in [1.807, 2.05) is 0 Å². The predicted octanol–water partition coefficient (Wildman–Crippen LogP) is 0.550. The van der Waals surface area contributed by atoms with Gasteiger partial charge in [0.05, 0.1) is 0 Å². The second kappa shape index (κ2) is 7.08. The number of amides is 2. The minimum atomic E-state index is -0.535. The van der Waals surface area contributed by atoms with Crippen LogP contribution in [0, 0.1) is 0 Å². The number of hydrogen-bond donors (Lipinski definition) is 3. The Bertz CT molecular complexity index is 493. The maximum atomic E-state index is 12.1. The number of hydrogen-bond acceptors (Lipinski definition) is 4. The van der Waals surface area contributed by atoms with Crippen LogP contribution in [0.15, 0.2) is 24.3 Å². The zero-order valence-corrected chi connectivity index (χ0v) is 11.9. The maximum Gasteiger partial charge on any atom is 0.255 e. The lowest BCUT2D eigenvalue weighted by molar-refractivity contribution is -0.119. The van der Waals surface area contributed by atoms with Crippen molar-refractivity contribution < 1.29 is 14.3 Å². The topological polar surface area (TPSA) is 107 Å². The van der Waals surface area contributed by atoms with Gasteiger partial charge in [-0.05, 0) is 49.9 Å². The van der Waals surface area contributed by atoms with Crippen LogP contribution in [0.1, 0.15) is 36.0 Å². The highest BCUT2D eigenvalue weighted by Gasteiger charge is 2.20. The molecule has 1 fully saturated rings. The second-order valence-electron chi connectivity index (χ2n) is 5.36. The molecule has 0 saturated heterocycles. The molecule has 5 N–H and O–H groups in total. The zero-order valence-electron chi connectivity index (χ0n) is 11.9. The van der Waals surface area contributed by atoms with E-state index in [1.54, 1.807) is 24.3 Å². The fourth-order valence-electron chi connectivity index (χ4n) is 2.39. The lowest BCUT2D eigenvalue weighted by Gasteiger charge is -2.26. The first-order valence-electron chi connectivity index (χ1n) is 7.12. The van der Waals surface area contributed by atoms with E-state index in [-0.39, 0.29) is 24.6 Å². The predicted molar refractivity (Wildman–Crippen MR) is 78.8 cm³/mol. The number of ether oxygens (including phenoxy) is 1. The Morgan fingerprint density at radius 1 is 1.14 bits per heavy atom. The van der Waals surface area contributed by atoms with Crippen molar-refractivity contribution in [1.29, 1.82) is 0 Å².